The molecule has 0 saturated heterocycles. The number of hydrogen-bond acceptors (Lipinski definition) is 7. The average Bonchev–Trinajstić information content (AvgIpc) is 3.09. The number of methoxy groups -OCH3 is 3. The topological polar surface area (TPSA) is 94.2 Å². The van der Waals surface area contributed by atoms with Crippen molar-refractivity contribution in [1.29, 1.82) is 0 Å². The first-order chi connectivity index (χ1) is 19.6. The average molecular weight is 555 g/mol. The van der Waals surface area contributed by atoms with Crippen LogP contribution < -0.4 is 24.4 Å². The van der Waals surface area contributed by atoms with Crippen LogP contribution in [0.5, 0.6) is 17.2 Å². The van der Waals surface area contributed by atoms with Gasteiger partial charge in [0.15, 0.2) is 23.1 Å². The van der Waals surface area contributed by atoms with E-state index in [1.807, 2.05) is 18.2 Å². The highest BCUT2D eigenvalue weighted by atomic mass is 16.5. The summed E-state index contributed by atoms with van der Waals surface area (Å²) in [7, 11) is 4.57. The van der Waals surface area contributed by atoms with Gasteiger partial charge < -0.3 is 19.5 Å². The number of rotatable bonds is 6. The molecule has 2 aliphatic rings. The molecule has 1 heterocycles. The van der Waals surface area contributed by atoms with E-state index in [9.17, 15) is 14.4 Å². The summed E-state index contributed by atoms with van der Waals surface area (Å²) in [6.07, 6.45) is 0.908. The van der Waals surface area contributed by atoms with Crippen molar-refractivity contribution in [3.05, 3.63) is 88.6 Å². The van der Waals surface area contributed by atoms with E-state index in [4.69, 9.17) is 14.2 Å². The number of carbonyl (C=O) groups excluding carboxylic acids is 3. The molecule has 8 heteroatoms. The molecular weight excluding hydrogens is 520 g/mol. The lowest BCUT2D eigenvalue weighted by Crippen LogP contribution is -2.38. The second kappa shape index (κ2) is 10.8. The number of Topliss-reactive ketones (excluding diaryl/α,β-unsaturated/α-hetero) is 1. The Kier molecular flexibility index (Phi) is 7.34. The fraction of sp³-hybridized carbons (Fsp3) is 0.303. The summed E-state index contributed by atoms with van der Waals surface area (Å²) < 4.78 is 16.8. The summed E-state index contributed by atoms with van der Waals surface area (Å²) in [6.45, 7) is 5.57. The van der Waals surface area contributed by atoms with Crippen LogP contribution in [0.1, 0.15) is 61.1 Å². The van der Waals surface area contributed by atoms with Crippen molar-refractivity contribution in [2.75, 3.05) is 31.5 Å². The fourth-order valence-corrected chi connectivity index (χ4v) is 5.86. The van der Waals surface area contributed by atoms with Crippen LogP contribution in [0.25, 0.3) is 0 Å². The molecule has 1 aliphatic heterocycles. The van der Waals surface area contributed by atoms with Gasteiger partial charge in [0.1, 0.15) is 0 Å². The summed E-state index contributed by atoms with van der Waals surface area (Å²) in [5, 5.41) is 3.48. The van der Waals surface area contributed by atoms with Gasteiger partial charge in [-0.1, -0.05) is 44.2 Å². The molecule has 0 radical (unpaired) electrons. The van der Waals surface area contributed by atoms with Gasteiger partial charge in [-0.2, -0.15) is 0 Å². The van der Waals surface area contributed by atoms with Crippen LogP contribution in [-0.2, 0) is 9.59 Å². The van der Waals surface area contributed by atoms with Crippen molar-refractivity contribution < 1.29 is 28.6 Å². The Labute approximate surface area is 239 Å². The molecule has 1 atom stereocenters. The first-order valence-corrected chi connectivity index (χ1v) is 13.4. The van der Waals surface area contributed by atoms with Gasteiger partial charge in [-0.15, -0.1) is 0 Å². The molecule has 3 aromatic rings. The molecule has 1 N–H and O–H groups in total. The van der Waals surface area contributed by atoms with Crippen molar-refractivity contribution in [3.63, 3.8) is 0 Å². The van der Waals surface area contributed by atoms with Crippen molar-refractivity contribution in [1.82, 2.24) is 0 Å². The number of amides is 1. The number of nitrogens with zero attached hydrogens (tertiary/aromatic N) is 1. The Morgan fingerprint density at radius 1 is 0.878 bits per heavy atom. The SMILES string of the molecule is COc1cc([C@H]2C3=C(CC(C)(C)CC3=O)Nc3cc(C(=O)c4ccccc4)ccc3N2C(C)=O)cc(OC)c1OC. The van der Waals surface area contributed by atoms with E-state index < -0.39 is 6.04 Å². The minimum atomic E-state index is -0.774. The van der Waals surface area contributed by atoms with E-state index in [0.29, 0.717) is 63.7 Å². The molecule has 0 saturated carbocycles. The number of benzene rings is 3. The summed E-state index contributed by atoms with van der Waals surface area (Å²) in [5.41, 5.74) is 3.73. The third-order valence-electron chi connectivity index (χ3n) is 7.63. The Balaban J connectivity index is 1.76. The van der Waals surface area contributed by atoms with Gasteiger partial charge in [0.05, 0.1) is 38.7 Å². The lowest BCUT2D eigenvalue weighted by Gasteiger charge is -2.37. The third-order valence-corrected chi connectivity index (χ3v) is 7.63. The number of hydrogen-bond donors (Lipinski definition) is 1. The van der Waals surface area contributed by atoms with Gasteiger partial charge in [-0.3, -0.25) is 19.3 Å². The standard InChI is InChI=1S/C33H34N2O6/c1-19(36)35-25-13-12-21(31(38)20-10-8-7-9-11-20)14-23(25)34-24-17-33(2,3)18-26(37)29(24)30(35)22-15-27(39-4)32(41-6)28(16-22)40-5/h7-16,30,34H,17-18H2,1-6H3/t30-/m0/s1. The number of nitrogens with one attached hydrogen (secondary N) is 1. The lowest BCUT2D eigenvalue weighted by atomic mass is 9.73. The molecule has 5 rings (SSSR count). The zero-order valence-corrected chi connectivity index (χ0v) is 24.2. The molecule has 41 heavy (non-hydrogen) atoms. The molecule has 1 aliphatic carbocycles. The quantitative estimate of drug-likeness (QED) is 0.368. The second-order valence-corrected chi connectivity index (χ2v) is 11.1. The van der Waals surface area contributed by atoms with Gasteiger partial charge in [-0.25, -0.2) is 0 Å². The predicted octanol–water partition coefficient (Wildman–Crippen LogP) is 6.11. The number of fused-ring (bicyclic) bond motifs is 1. The van der Waals surface area contributed by atoms with Crippen molar-refractivity contribution >= 4 is 28.8 Å². The van der Waals surface area contributed by atoms with Gasteiger partial charge in [0.2, 0.25) is 11.7 Å². The minimum Gasteiger partial charge on any atom is -0.493 e. The molecule has 0 fully saturated rings. The van der Waals surface area contributed by atoms with Gasteiger partial charge in [0.25, 0.3) is 0 Å². The monoisotopic (exact) mass is 554 g/mol. The maximum atomic E-state index is 13.9. The van der Waals surface area contributed by atoms with E-state index in [0.717, 1.165) is 5.70 Å². The molecule has 1 amide bonds. The molecule has 0 aromatic heterocycles. The molecular formula is C33H34N2O6. The largest absolute Gasteiger partial charge is 0.493 e. The van der Waals surface area contributed by atoms with Crippen molar-refractivity contribution in [3.8, 4) is 17.2 Å². The first kappa shape index (κ1) is 28.0. The summed E-state index contributed by atoms with van der Waals surface area (Å²) in [6, 6.07) is 17.1. The predicted molar refractivity (Wildman–Crippen MR) is 157 cm³/mol. The van der Waals surface area contributed by atoms with Crippen LogP contribution in [0.15, 0.2) is 71.9 Å². The van der Waals surface area contributed by atoms with Crippen LogP contribution in [0, 0.1) is 5.41 Å². The molecule has 0 spiro atoms. The highest BCUT2D eigenvalue weighted by molar-refractivity contribution is 6.11. The minimum absolute atomic E-state index is 0.0536. The maximum absolute atomic E-state index is 13.9. The van der Waals surface area contributed by atoms with E-state index in [-0.39, 0.29) is 22.9 Å². The third kappa shape index (κ3) is 5.06. The number of ether oxygens (including phenoxy) is 3. The summed E-state index contributed by atoms with van der Waals surface area (Å²) in [5.74, 6) is 0.788. The Hall–Kier alpha value is -4.59. The number of allylic oxidation sites excluding steroid dienone is 1. The number of ketones is 2. The van der Waals surface area contributed by atoms with Crippen LogP contribution in [0.3, 0.4) is 0 Å². The molecule has 0 unspecified atom stereocenters. The first-order valence-electron chi connectivity index (χ1n) is 13.4. The molecule has 212 valence electrons. The van der Waals surface area contributed by atoms with Gasteiger partial charge in [-0.05, 0) is 47.7 Å². The molecule has 8 nitrogen and oxygen atoms in total. The molecule has 0 bridgehead atoms. The van der Waals surface area contributed by atoms with E-state index in [2.05, 4.69) is 19.2 Å². The van der Waals surface area contributed by atoms with Crippen LogP contribution in [-0.4, -0.2) is 38.8 Å². The van der Waals surface area contributed by atoms with E-state index in [1.54, 1.807) is 47.4 Å². The van der Waals surface area contributed by atoms with Crippen molar-refractivity contribution in [2.24, 2.45) is 5.41 Å². The van der Waals surface area contributed by atoms with E-state index in [1.165, 1.54) is 28.3 Å². The van der Waals surface area contributed by atoms with Crippen LogP contribution in [0.4, 0.5) is 11.4 Å². The van der Waals surface area contributed by atoms with E-state index >= 15 is 0 Å². The number of carbonyl (C=O) groups is 3. The highest BCUT2D eigenvalue weighted by Crippen LogP contribution is 2.50. The fourth-order valence-electron chi connectivity index (χ4n) is 5.86. The zero-order chi connectivity index (χ0) is 29.5. The Bertz CT molecular complexity index is 1550. The van der Waals surface area contributed by atoms with Gasteiger partial charge in [0, 0.05) is 35.7 Å². The Morgan fingerprint density at radius 2 is 1.54 bits per heavy atom. The maximum Gasteiger partial charge on any atom is 0.224 e. The Morgan fingerprint density at radius 3 is 2.12 bits per heavy atom. The smallest absolute Gasteiger partial charge is 0.224 e. The van der Waals surface area contributed by atoms with Crippen LogP contribution >= 0.6 is 0 Å². The zero-order valence-electron chi connectivity index (χ0n) is 24.2. The summed E-state index contributed by atoms with van der Waals surface area (Å²) in [4.78, 5) is 42.4. The lowest BCUT2D eigenvalue weighted by molar-refractivity contribution is -0.118. The number of anilines is 2. The normalized spacial score (nSPS) is 17.6. The van der Waals surface area contributed by atoms with Crippen molar-refractivity contribution in [2.45, 2.75) is 39.7 Å². The summed E-state index contributed by atoms with van der Waals surface area (Å²) >= 11 is 0. The highest BCUT2D eigenvalue weighted by Gasteiger charge is 2.43. The van der Waals surface area contributed by atoms with Crippen LogP contribution in [0.2, 0.25) is 0 Å². The van der Waals surface area contributed by atoms with Gasteiger partial charge >= 0.3 is 0 Å². The molecule has 3 aromatic carbocycles. The second-order valence-electron chi connectivity index (χ2n) is 11.1.